The Kier molecular flexibility index (Phi) is 42.0. The number of ketones is 2. The highest BCUT2D eigenvalue weighted by Crippen LogP contribution is 2.19. The van der Waals surface area contributed by atoms with E-state index in [4.69, 9.17) is 66.3 Å². The predicted molar refractivity (Wildman–Crippen MR) is 208 cm³/mol. The average Bonchev–Trinajstić information content (AvgIpc) is 3.19. The SMILES string of the molecule is CC(=O)COCCOCCOCCOCCOCCOc1cccc(OCCOCCOCCOCCOCCOCC(C)=O)c1.CCOCC(=O)NCCOC. The highest BCUT2D eigenvalue weighted by atomic mass is 16.6. The molecular formula is C39H69NO17. The molecule has 1 aromatic carbocycles. The monoisotopic (exact) mass is 823 g/mol. The lowest BCUT2D eigenvalue weighted by Gasteiger charge is -2.11. The van der Waals surface area contributed by atoms with Crippen LogP contribution in [0.2, 0.25) is 0 Å². The third kappa shape index (κ3) is 44.1. The van der Waals surface area contributed by atoms with Crippen LogP contribution < -0.4 is 14.8 Å². The minimum absolute atomic E-state index is 0.00132. The molecule has 0 saturated heterocycles. The molecule has 0 aromatic heterocycles. The fourth-order valence-corrected chi connectivity index (χ4v) is 3.82. The van der Waals surface area contributed by atoms with E-state index in [0.717, 1.165) is 0 Å². The van der Waals surface area contributed by atoms with E-state index in [1.165, 1.54) is 13.8 Å². The van der Waals surface area contributed by atoms with Gasteiger partial charge in [0, 0.05) is 26.3 Å². The molecule has 0 aliphatic carbocycles. The van der Waals surface area contributed by atoms with Crippen molar-refractivity contribution in [2.75, 3.05) is 179 Å². The summed E-state index contributed by atoms with van der Waals surface area (Å²) in [6.07, 6.45) is 0. The van der Waals surface area contributed by atoms with E-state index in [-0.39, 0.29) is 37.3 Å². The molecule has 0 radical (unpaired) electrons. The van der Waals surface area contributed by atoms with Crippen LogP contribution in [-0.2, 0) is 71.2 Å². The first kappa shape index (κ1) is 54.2. The van der Waals surface area contributed by atoms with Crippen molar-refractivity contribution in [2.45, 2.75) is 20.8 Å². The fraction of sp³-hybridized carbons (Fsp3) is 0.769. The zero-order valence-corrected chi connectivity index (χ0v) is 34.6. The van der Waals surface area contributed by atoms with Gasteiger partial charge in [-0.1, -0.05) is 6.07 Å². The molecule has 0 heterocycles. The van der Waals surface area contributed by atoms with Crippen LogP contribution in [0.15, 0.2) is 24.3 Å². The van der Waals surface area contributed by atoms with Gasteiger partial charge in [0.25, 0.3) is 0 Å². The van der Waals surface area contributed by atoms with Crippen LogP contribution in [-0.4, -0.2) is 196 Å². The van der Waals surface area contributed by atoms with Crippen LogP contribution in [0.5, 0.6) is 11.5 Å². The Morgan fingerprint density at radius 3 is 1.11 bits per heavy atom. The normalized spacial score (nSPS) is 10.9. The Hall–Kier alpha value is -2.85. The van der Waals surface area contributed by atoms with Crippen molar-refractivity contribution < 1.29 is 80.7 Å². The van der Waals surface area contributed by atoms with E-state index in [9.17, 15) is 14.4 Å². The van der Waals surface area contributed by atoms with Gasteiger partial charge in [0.2, 0.25) is 5.91 Å². The quantitative estimate of drug-likeness (QED) is 0.0934. The number of ether oxygens (including phenoxy) is 14. The first-order valence-electron chi connectivity index (χ1n) is 19.3. The van der Waals surface area contributed by atoms with Crippen LogP contribution in [0.4, 0.5) is 0 Å². The summed E-state index contributed by atoms with van der Waals surface area (Å²) in [6.45, 7) is 15.8. The standard InChI is InChI=1S/C32H54O14.C7H15NO3/c1-29(33)27-43-20-18-39-12-10-35-6-8-37-14-16-41-22-24-45-31-4-3-5-32(26-31)46-25-23-42-17-15-38-9-7-36-11-13-40-19-21-44-28-30(2)34;1-3-11-6-7(9)8-4-5-10-2/h3-5,26H,6-25,27-28H2,1-2H3;3-6H2,1-2H3,(H,8,9). The van der Waals surface area contributed by atoms with E-state index in [0.29, 0.717) is 163 Å². The summed E-state index contributed by atoms with van der Waals surface area (Å²) in [4.78, 5) is 32.2. The van der Waals surface area contributed by atoms with Gasteiger partial charge in [0.1, 0.15) is 44.5 Å². The summed E-state index contributed by atoms with van der Waals surface area (Å²) >= 11 is 0. The minimum atomic E-state index is -0.0936. The van der Waals surface area contributed by atoms with Crippen molar-refractivity contribution in [1.29, 1.82) is 0 Å². The van der Waals surface area contributed by atoms with Crippen LogP contribution >= 0.6 is 0 Å². The van der Waals surface area contributed by atoms with E-state index < -0.39 is 0 Å². The second-order valence-corrected chi connectivity index (χ2v) is 11.6. The summed E-state index contributed by atoms with van der Waals surface area (Å²) in [5, 5.41) is 2.63. The van der Waals surface area contributed by atoms with E-state index in [1.807, 2.05) is 31.2 Å². The number of hydrogen-bond acceptors (Lipinski definition) is 17. The second-order valence-electron chi connectivity index (χ2n) is 11.6. The maximum Gasteiger partial charge on any atom is 0.246 e. The number of carbonyl (C=O) groups excluding carboxylic acids is 3. The molecule has 0 bridgehead atoms. The second kappa shape index (κ2) is 44.3. The Labute approximate surface area is 338 Å². The van der Waals surface area contributed by atoms with Crippen LogP contribution in [0.1, 0.15) is 20.8 Å². The lowest BCUT2D eigenvalue weighted by atomic mass is 10.3. The van der Waals surface area contributed by atoms with Crippen molar-refractivity contribution in [2.24, 2.45) is 0 Å². The molecule has 18 heteroatoms. The van der Waals surface area contributed by atoms with Crippen LogP contribution in [0, 0.1) is 0 Å². The predicted octanol–water partition coefficient (Wildman–Crippen LogP) is 1.57. The van der Waals surface area contributed by atoms with E-state index in [2.05, 4.69) is 5.32 Å². The number of rotatable bonds is 42. The van der Waals surface area contributed by atoms with Gasteiger partial charge in [-0.3, -0.25) is 14.4 Å². The highest BCUT2D eigenvalue weighted by Gasteiger charge is 2.01. The lowest BCUT2D eigenvalue weighted by molar-refractivity contribution is -0.125. The van der Waals surface area contributed by atoms with Gasteiger partial charge in [-0.25, -0.2) is 0 Å². The maximum absolute atomic E-state index is 10.8. The van der Waals surface area contributed by atoms with Gasteiger partial charge in [0.15, 0.2) is 11.6 Å². The molecule has 0 atom stereocenters. The number of amides is 1. The summed E-state index contributed by atoms with van der Waals surface area (Å²) < 4.78 is 74.8. The third-order valence-electron chi connectivity index (χ3n) is 6.45. The van der Waals surface area contributed by atoms with Crippen molar-refractivity contribution >= 4 is 17.5 Å². The topological polar surface area (TPSA) is 192 Å². The zero-order valence-electron chi connectivity index (χ0n) is 34.6. The Bertz CT molecular complexity index is 989. The van der Waals surface area contributed by atoms with Gasteiger partial charge < -0.3 is 71.6 Å². The molecule has 0 spiro atoms. The Morgan fingerprint density at radius 1 is 0.456 bits per heavy atom. The average molecular weight is 824 g/mol. The molecule has 0 aliphatic rings. The lowest BCUT2D eigenvalue weighted by Crippen LogP contribution is -2.30. The number of methoxy groups -OCH3 is 1. The van der Waals surface area contributed by atoms with Gasteiger partial charge in [-0.2, -0.15) is 0 Å². The van der Waals surface area contributed by atoms with Gasteiger partial charge in [-0.05, 0) is 32.9 Å². The summed E-state index contributed by atoms with van der Waals surface area (Å²) in [6, 6.07) is 7.42. The molecule has 1 N–H and O–H groups in total. The first-order chi connectivity index (χ1) is 27.9. The summed E-state index contributed by atoms with van der Waals surface area (Å²) in [5.41, 5.74) is 0. The Morgan fingerprint density at radius 2 is 0.789 bits per heavy atom. The van der Waals surface area contributed by atoms with E-state index in [1.54, 1.807) is 7.11 Å². The number of carbonyl (C=O) groups is 3. The molecule has 0 aliphatic heterocycles. The minimum Gasteiger partial charge on any atom is -0.491 e. The fourth-order valence-electron chi connectivity index (χ4n) is 3.82. The molecule has 0 fully saturated rings. The number of Topliss-reactive ketones (excluding diaryl/α,β-unsaturated/α-hetero) is 2. The smallest absolute Gasteiger partial charge is 0.246 e. The van der Waals surface area contributed by atoms with Crippen molar-refractivity contribution in [3.63, 3.8) is 0 Å². The molecule has 18 nitrogen and oxygen atoms in total. The molecule has 1 rings (SSSR count). The van der Waals surface area contributed by atoms with Gasteiger partial charge in [0.05, 0.1) is 126 Å². The molecule has 0 unspecified atom stereocenters. The van der Waals surface area contributed by atoms with Gasteiger partial charge >= 0.3 is 0 Å². The number of nitrogens with one attached hydrogen (secondary N) is 1. The van der Waals surface area contributed by atoms with E-state index >= 15 is 0 Å². The molecule has 1 amide bonds. The highest BCUT2D eigenvalue weighted by molar-refractivity contribution is 5.77. The first-order valence-corrected chi connectivity index (χ1v) is 19.3. The summed E-state index contributed by atoms with van der Waals surface area (Å²) in [7, 11) is 1.59. The molecule has 57 heavy (non-hydrogen) atoms. The molecule has 1 aromatic rings. The van der Waals surface area contributed by atoms with Crippen molar-refractivity contribution in [1.82, 2.24) is 5.32 Å². The van der Waals surface area contributed by atoms with Crippen molar-refractivity contribution in [3.8, 4) is 11.5 Å². The maximum atomic E-state index is 10.8. The number of hydrogen-bond donors (Lipinski definition) is 1. The number of benzene rings is 1. The van der Waals surface area contributed by atoms with Crippen LogP contribution in [0.25, 0.3) is 0 Å². The largest absolute Gasteiger partial charge is 0.491 e. The van der Waals surface area contributed by atoms with Gasteiger partial charge in [-0.15, -0.1) is 0 Å². The molecule has 0 saturated carbocycles. The van der Waals surface area contributed by atoms with Crippen LogP contribution in [0.3, 0.4) is 0 Å². The molecule has 332 valence electrons. The Balaban J connectivity index is 0.00000246. The summed E-state index contributed by atoms with van der Waals surface area (Å²) in [5.74, 6) is 1.30. The zero-order chi connectivity index (χ0) is 41.7. The van der Waals surface area contributed by atoms with Crippen molar-refractivity contribution in [3.05, 3.63) is 24.3 Å². The molecular weight excluding hydrogens is 754 g/mol. The third-order valence-corrected chi connectivity index (χ3v) is 6.45.